The van der Waals surface area contributed by atoms with E-state index >= 15 is 0 Å². The summed E-state index contributed by atoms with van der Waals surface area (Å²) in [7, 11) is 1.56. The lowest BCUT2D eigenvalue weighted by atomic mass is 10.0. The van der Waals surface area contributed by atoms with Gasteiger partial charge in [0.15, 0.2) is 11.5 Å². The Bertz CT molecular complexity index is 1130. The minimum atomic E-state index is -0.313. The number of pyridine rings is 3. The maximum atomic E-state index is 14.5. The van der Waals surface area contributed by atoms with Crippen LogP contribution in [0.5, 0.6) is 17.4 Å². The van der Waals surface area contributed by atoms with Crippen molar-refractivity contribution in [2.45, 2.75) is 31.8 Å². The van der Waals surface area contributed by atoms with E-state index < -0.39 is 0 Å². The van der Waals surface area contributed by atoms with E-state index in [4.69, 9.17) is 14.2 Å². The van der Waals surface area contributed by atoms with Gasteiger partial charge in [0.2, 0.25) is 5.88 Å². The number of nitrogens with zero attached hydrogens (tertiary/aromatic N) is 4. The Morgan fingerprint density at radius 3 is 2.71 bits per heavy atom. The molecule has 0 unspecified atom stereocenters. The summed E-state index contributed by atoms with van der Waals surface area (Å²) in [6.07, 6.45) is 5.69. The molecule has 0 atom stereocenters. The molecule has 8 nitrogen and oxygen atoms in total. The number of fused-ring (bicyclic) bond motifs is 2. The summed E-state index contributed by atoms with van der Waals surface area (Å²) in [5.74, 6) is 1.64. The Hall–Kier alpha value is -2.75. The van der Waals surface area contributed by atoms with E-state index in [-0.39, 0.29) is 18.2 Å². The summed E-state index contributed by atoms with van der Waals surface area (Å²) in [5.41, 5.74) is 2.81. The van der Waals surface area contributed by atoms with Crippen molar-refractivity contribution in [3.8, 4) is 17.4 Å². The second-order valence-corrected chi connectivity index (χ2v) is 8.37. The maximum Gasteiger partial charge on any atom is 0.213 e. The van der Waals surface area contributed by atoms with E-state index in [0.717, 1.165) is 43.9 Å². The van der Waals surface area contributed by atoms with Gasteiger partial charge in [0.05, 0.1) is 36.2 Å². The van der Waals surface area contributed by atoms with Gasteiger partial charge in [-0.25, -0.2) is 9.37 Å². The Kier molecular flexibility index (Phi) is 7.97. The molecule has 0 aliphatic carbocycles. The van der Waals surface area contributed by atoms with Crippen LogP contribution in [0.4, 0.5) is 4.39 Å². The van der Waals surface area contributed by atoms with Crippen LogP contribution in [0.3, 0.4) is 0 Å². The van der Waals surface area contributed by atoms with E-state index in [9.17, 15) is 4.39 Å². The fourth-order valence-electron chi connectivity index (χ4n) is 4.39. The van der Waals surface area contributed by atoms with Gasteiger partial charge in [0.1, 0.15) is 19.0 Å². The summed E-state index contributed by atoms with van der Waals surface area (Å²) in [4.78, 5) is 15.4. The van der Waals surface area contributed by atoms with Gasteiger partial charge >= 0.3 is 0 Å². The van der Waals surface area contributed by atoms with Crippen molar-refractivity contribution in [1.29, 1.82) is 0 Å². The van der Waals surface area contributed by atoms with Crippen LogP contribution >= 0.6 is 12.4 Å². The average Bonchev–Trinajstić information content (AvgIpc) is 2.87. The number of aromatic nitrogens is 3. The van der Waals surface area contributed by atoms with Gasteiger partial charge in [-0.3, -0.25) is 9.97 Å². The van der Waals surface area contributed by atoms with E-state index in [1.165, 1.54) is 6.20 Å². The number of ether oxygens (including phenoxy) is 3. The zero-order chi connectivity index (χ0) is 22.6. The standard InChI is InChI=1S/C24H28FN5O3.ClH/c1-31-23-3-2-20-24(29-23)18(19(25)14-28-20)6-9-30-7-4-16(5-8-30)26-13-17-12-21-22(15-27-17)33-11-10-32-21;/h2-3,12,14-16,26H,4-11,13H2,1H3;1H. The molecule has 2 aliphatic heterocycles. The summed E-state index contributed by atoms with van der Waals surface area (Å²) in [6.45, 7) is 4.56. The molecule has 5 rings (SSSR count). The molecule has 0 amide bonds. The lowest BCUT2D eigenvalue weighted by Gasteiger charge is -2.32. The molecule has 1 saturated heterocycles. The topological polar surface area (TPSA) is 81.6 Å². The monoisotopic (exact) mass is 489 g/mol. The Labute approximate surface area is 204 Å². The van der Waals surface area contributed by atoms with Crippen molar-refractivity contribution in [3.63, 3.8) is 0 Å². The predicted octanol–water partition coefficient (Wildman–Crippen LogP) is 3.16. The quantitative estimate of drug-likeness (QED) is 0.542. The smallest absolute Gasteiger partial charge is 0.213 e. The second kappa shape index (κ2) is 11.1. The molecule has 34 heavy (non-hydrogen) atoms. The summed E-state index contributed by atoms with van der Waals surface area (Å²) < 4.78 is 30.9. The molecule has 1 fully saturated rings. The highest BCUT2D eigenvalue weighted by molar-refractivity contribution is 5.85. The number of rotatable bonds is 7. The van der Waals surface area contributed by atoms with Gasteiger partial charge < -0.3 is 24.4 Å². The zero-order valence-electron chi connectivity index (χ0n) is 19.1. The molecule has 3 aromatic heterocycles. The van der Waals surface area contributed by atoms with Crippen molar-refractivity contribution in [1.82, 2.24) is 25.2 Å². The van der Waals surface area contributed by atoms with E-state index in [1.54, 1.807) is 19.4 Å². The fraction of sp³-hybridized carbons (Fsp3) is 0.458. The molecule has 0 spiro atoms. The third-order valence-electron chi connectivity index (χ3n) is 6.27. The van der Waals surface area contributed by atoms with Gasteiger partial charge in [0, 0.05) is 36.8 Å². The number of halogens is 2. The van der Waals surface area contributed by atoms with Crippen LogP contribution in [0.25, 0.3) is 11.0 Å². The first kappa shape index (κ1) is 24.4. The molecule has 2 aliphatic rings. The van der Waals surface area contributed by atoms with E-state index in [2.05, 4.69) is 25.2 Å². The summed E-state index contributed by atoms with van der Waals surface area (Å²) in [6, 6.07) is 5.95. The average molecular weight is 490 g/mol. The SMILES string of the molecule is COc1ccc2ncc(F)c(CCN3CCC(NCc4cc5c(cn4)OCCO5)CC3)c2n1.Cl. The molecule has 10 heteroatoms. The summed E-state index contributed by atoms with van der Waals surface area (Å²) in [5, 5.41) is 3.61. The highest BCUT2D eigenvalue weighted by Gasteiger charge is 2.21. The molecule has 0 radical (unpaired) electrons. The highest BCUT2D eigenvalue weighted by Crippen LogP contribution is 2.29. The number of methoxy groups -OCH3 is 1. The van der Waals surface area contributed by atoms with Crippen LogP contribution in [0, 0.1) is 5.82 Å². The molecule has 5 heterocycles. The Morgan fingerprint density at radius 1 is 1.12 bits per heavy atom. The van der Waals surface area contributed by atoms with Crippen LogP contribution in [0.15, 0.2) is 30.6 Å². The van der Waals surface area contributed by atoms with Crippen LogP contribution in [-0.4, -0.2) is 65.9 Å². The van der Waals surface area contributed by atoms with Crippen LogP contribution in [0.1, 0.15) is 24.1 Å². The number of nitrogens with one attached hydrogen (secondary N) is 1. The molecular formula is C24H29ClFN5O3. The van der Waals surface area contributed by atoms with Gasteiger partial charge in [-0.05, 0) is 38.4 Å². The fourth-order valence-corrected chi connectivity index (χ4v) is 4.39. The number of hydrogen-bond acceptors (Lipinski definition) is 8. The van der Waals surface area contributed by atoms with Gasteiger partial charge in [0.25, 0.3) is 0 Å². The third-order valence-corrected chi connectivity index (χ3v) is 6.27. The van der Waals surface area contributed by atoms with Gasteiger partial charge in [-0.1, -0.05) is 0 Å². The second-order valence-electron chi connectivity index (χ2n) is 8.37. The minimum absolute atomic E-state index is 0. The predicted molar refractivity (Wildman–Crippen MR) is 129 cm³/mol. The normalized spacial score (nSPS) is 16.3. The highest BCUT2D eigenvalue weighted by atomic mass is 35.5. The first-order valence-electron chi connectivity index (χ1n) is 11.4. The number of hydrogen-bond donors (Lipinski definition) is 1. The van der Waals surface area contributed by atoms with E-state index in [0.29, 0.717) is 60.4 Å². The Morgan fingerprint density at radius 2 is 1.91 bits per heavy atom. The van der Waals surface area contributed by atoms with Crippen LogP contribution in [0.2, 0.25) is 0 Å². The summed E-state index contributed by atoms with van der Waals surface area (Å²) >= 11 is 0. The number of likely N-dealkylation sites (tertiary alicyclic amines) is 1. The lowest BCUT2D eigenvalue weighted by molar-refractivity contribution is 0.170. The zero-order valence-corrected chi connectivity index (χ0v) is 19.9. The third kappa shape index (κ3) is 5.48. The van der Waals surface area contributed by atoms with Gasteiger partial charge in [-0.2, -0.15) is 0 Å². The molecule has 3 aromatic rings. The number of piperidine rings is 1. The van der Waals surface area contributed by atoms with Crippen molar-refractivity contribution in [2.75, 3.05) is 40.0 Å². The molecule has 0 aromatic carbocycles. The van der Waals surface area contributed by atoms with Crippen LogP contribution in [-0.2, 0) is 13.0 Å². The largest absolute Gasteiger partial charge is 0.486 e. The first-order chi connectivity index (χ1) is 16.2. The van der Waals surface area contributed by atoms with Crippen molar-refractivity contribution in [3.05, 3.63) is 47.7 Å². The molecule has 1 N–H and O–H groups in total. The van der Waals surface area contributed by atoms with Crippen molar-refractivity contribution in [2.24, 2.45) is 0 Å². The molecular weight excluding hydrogens is 461 g/mol. The minimum Gasteiger partial charge on any atom is -0.486 e. The molecule has 0 saturated carbocycles. The Balaban J connectivity index is 0.00000274. The maximum absolute atomic E-state index is 14.5. The van der Waals surface area contributed by atoms with Gasteiger partial charge in [-0.15, -0.1) is 12.4 Å². The molecule has 0 bridgehead atoms. The lowest BCUT2D eigenvalue weighted by Crippen LogP contribution is -2.43. The van der Waals surface area contributed by atoms with Crippen LogP contribution < -0.4 is 19.5 Å². The first-order valence-corrected chi connectivity index (χ1v) is 11.4. The molecule has 182 valence electrons. The van der Waals surface area contributed by atoms with Crippen molar-refractivity contribution < 1.29 is 18.6 Å². The van der Waals surface area contributed by atoms with E-state index in [1.807, 2.05) is 12.1 Å². The van der Waals surface area contributed by atoms with Crippen molar-refractivity contribution >= 4 is 23.4 Å².